The van der Waals surface area contributed by atoms with Gasteiger partial charge in [0.25, 0.3) is 0 Å². The Morgan fingerprint density at radius 2 is 2.00 bits per heavy atom. The van der Waals surface area contributed by atoms with E-state index in [9.17, 15) is 14.7 Å². The molecule has 1 unspecified atom stereocenters. The van der Waals surface area contributed by atoms with Crippen LogP contribution in [0.1, 0.15) is 65.6 Å². The van der Waals surface area contributed by atoms with Crippen LogP contribution < -0.4 is 4.74 Å². The van der Waals surface area contributed by atoms with Gasteiger partial charge < -0.3 is 18.8 Å². The van der Waals surface area contributed by atoms with Crippen molar-refractivity contribution in [1.29, 1.82) is 0 Å². The maximum atomic E-state index is 12.4. The third-order valence-corrected chi connectivity index (χ3v) is 6.24. The maximum absolute atomic E-state index is 12.4. The topological polar surface area (TPSA) is 94.6 Å². The Bertz CT molecular complexity index is 1320. The van der Waals surface area contributed by atoms with Gasteiger partial charge in [-0.3, -0.25) is 4.79 Å². The third kappa shape index (κ3) is 6.55. The summed E-state index contributed by atoms with van der Waals surface area (Å²) >= 11 is 0. The molecule has 0 amide bonds. The lowest BCUT2D eigenvalue weighted by atomic mass is 10.0. The smallest absolute Gasteiger partial charge is 0.327 e. The lowest BCUT2D eigenvalue weighted by Gasteiger charge is -2.18. The van der Waals surface area contributed by atoms with Crippen molar-refractivity contribution in [3.05, 3.63) is 102 Å². The Morgan fingerprint density at radius 3 is 2.76 bits per heavy atom. The minimum absolute atomic E-state index is 0.0452. The highest BCUT2D eigenvalue weighted by Gasteiger charge is 2.24. The van der Waals surface area contributed by atoms with E-state index in [1.165, 1.54) is 0 Å². The molecule has 0 bridgehead atoms. The van der Waals surface area contributed by atoms with E-state index in [1.54, 1.807) is 22.9 Å². The molecule has 2 aromatic heterocycles. The number of carbonyl (C=O) groups is 2. The van der Waals surface area contributed by atoms with Crippen LogP contribution in [0.4, 0.5) is 0 Å². The molecule has 2 heterocycles. The highest BCUT2D eigenvalue weighted by atomic mass is 16.5. The van der Waals surface area contributed by atoms with Crippen LogP contribution in [0, 0.1) is 6.92 Å². The minimum Gasteiger partial charge on any atom is -0.493 e. The average Bonchev–Trinajstić information content (AvgIpc) is 3.41. The summed E-state index contributed by atoms with van der Waals surface area (Å²) in [6.45, 7) is 4.27. The first-order valence-corrected chi connectivity index (χ1v) is 12.6. The zero-order valence-corrected chi connectivity index (χ0v) is 21.2. The normalized spacial score (nSPS) is 13.7. The van der Waals surface area contributed by atoms with Gasteiger partial charge in [0.15, 0.2) is 5.78 Å². The van der Waals surface area contributed by atoms with Crippen molar-refractivity contribution in [1.82, 2.24) is 9.55 Å². The van der Waals surface area contributed by atoms with E-state index in [0.717, 1.165) is 29.0 Å². The van der Waals surface area contributed by atoms with Crippen LogP contribution in [0.3, 0.4) is 0 Å². The summed E-state index contributed by atoms with van der Waals surface area (Å²) in [6, 6.07) is 9.93. The fourth-order valence-corrected chi connectivity index (χ4v) is 4.28. The van der Waals surface area contributed by atoms with Gasteiger partial charge >= 0.3 is 5.97 Å². The summed E-state index contributed by atoms with van der Waals surface area (Å²) in [4.78, 5) is 29.1. The maximum Gasteiger partial charge on any atom is 0.327 e. The number of allylic oxidation sites excluding steroid dienone is 6. The molecule has 1 aliphatic rings. The second-order valence-corrected chi connectivity index (χ2v) is 8.98. The number of carboxylic acid groups (broad SMARTS) is 1. The highest BCUT2D eigenvalue weighted by molar-refractivity contribution is 5.95. The predicted molar refractivity (Wildman–Crippen MR) is 142 cm³/mol. The molecule has 3 aromatic rings. The molecular weight excluding hydrogens is 468 g/mol. The summed E-state index contributed by atoms with van der Waals surface area (Å²) in [5, 5.41) is 9.86. The number of benzene rings is 1. The van der Waals surface area contributed by atoms with Gasteiger partial charge in [-0.05, 0) is 55.7 Å². The molecule has 0 fully saturated rings. The van der Waals surface area contributed by atoms with Gasteiger partial charge in [0, 0.05) is 31.0 Å². The van der Waals surface area contributed by atoms with Gasteiger partial charge in [0.2, 0.25) is 5.89 Å². The molecule has 0 radical (unpaired) electrons. The molecule has 1 aliphatic carbocycles. The van der Waals surface area contributed by atoms with E-state index in [1.807, 2.05) is 56.3 Å². The number of ether oxygens (including phenoxy) is 1. The van der Waals surface area contributed by atoms with Crippen LogP contribution in [0.5, 0.6) is 5.75 Å². The molecule has 1 atom stereocenters. The number of aliphatic carboxylic acids is 1. The number of aromatic nitrogens is 2. The summed E-state index contributed by atoms with van der Waals surface area (Å²) in [6.07, 6.45) is 14.7. The molecule has 0 spiro atoms. The fourth-order valence-electron chi connectivity index (χ4n) is 4.28. The molecule has 1 N–H and O–H groups in total. The monoisotopic (exact) mass is 500 g/mol. The van der Waals surface area contributed by atoms with Gasteiger partial charge in [-0.2, -0.15) is 0 Å². The van der Waals surface area contributed by atoms with Crippen molar-refractivity contribution < 1.29 is 23.8 Å². The van der Waals surface area contributed by atoms with E-state index < -0.39 is 12.0 Å². The van der Waals surface area contributed by atoms with E-state index in [0.29, 0.717) is 43.2 Å². The molecule has 7 nitrogen and oxygen atoms in total. The van der Waals surface area contributed by atoms with Crippen molar-refractivity contribution in [2.24, 2.45) is 0 Å². The molecule has 0 saturated heterocycles. The number of oxazole rings is 1. The van der Waals surface area contributed by atoms with Crippen molar-refractivity contribution in [3.63, 3.8) is 0 Å². The highest BCUT2D eigenvalue weighted by Crippen LogP contribution is 2.23. The predicted octanol–water partition coefficient (Wildman–Crippen LogP) is 6.16. The lowest BCUT2D eigenvalue weighted by molar-refractivity contribution is -0.140. The van der Waals surface area contributed by atoms with E-state index in [-0.39, 0.29) is 12.2 Å². The van der Waals surface area contributed by atoms with E-state index in [2.05, 4.69) is 17.1 Å². The Balaban J connectivity index is 1.36. The standard InChI is InChI=1S/C30H32N2O5/c1-3-9-28(33)26-12-8-18-32(26)27(30(34)35)20-22-13-15-24(16-14-22)36-19-17-25-21(2)37-29(31-25)23-10-6-4-5-7-11-23/h4,6-8,10-16,18,27H,3,5,9,17,19-20H2,1-2H3,(H,34,35). The van der Waals surface area contributed by atoms with Gasteiger partial charge in [-0.25, -0.2) is 9.78 Å². The van der Waals surface area contributed by atoms with Crippen molar-refractivity contribution in [3.8, 4) is 5.75 Å². The number of hydrogen-bond donors (Lipinski definition) is 1. The second kappa shape index (κ2) is 12.2. The first-order valence-electron chi connectivity index (χ1n) is 12.6. The zero-order valence-electron chi connectivity index (χ0n) is 21.2. The fraction of sp³-hybridized carbons (Fsp3) is 0.300. The lowest BCUT2D eigenvalue weighted by Crippen LogP contribution is -2.24. The number of hydrogen-bond acceptors (Lipinski definition) is 5. The quantitative estimate of drug-likeness (QED) is 0.300. The Labute approximate surface area is 216 Å². The molecule has 0 aliphatic heterocycles. The summed E-state index contributed by atoms with van der Waals surface area (Å²) in [7, 11) is 0. The Morgan fingerprint density at radius 1 is 1.19 bits per heavy atom. The summed E-state index contributed by atoms with van der Waals surface area (Å²) in [5.41, 5.74) is 3.08. The number of aryl methyl sites for hydroxylation is 1. The van der Waals surface area contributed by atoms with Crippen molar-refractivity contribution in [2.45, 2.75) is 52.0 Å². The van der Waals surface area contributed by atoms with Crippen LogP contribution in [-0.2, 0) is 17.6 Å². The van der Waals surface area contributed by atoms with Crippen molar-refractivity contribution >= 4 is 17.3 Å². The van der Waals surface area contributed by atoms with Crippen molar-refractivity contribution in [2.75, 3.05) is 6.61 Å². The first-order chi connectivity index (χ1) is 18.0. The number of rotatable bonds is 12. The number of ketones is 1. The summed E-state index contributed by atoms with van der Waals surface area (Å²) < 4.78 is 13.3. The van der Waals surface area contributed by atoms with E-state index in [4.69, 9.17) is 9.15 Å². The number of carbonyl (C=O) groups excluding carboxylic acids is 1. The summed E-state index contributed by atoms with van der Waals surface area (Å²) in [5.74, 6) is 1.05. The number of Topliss-reactive ketones (excluding diaryl/α,β-unsaturated/α-hetero) is 1. The molecule has 1 aromatic carbocycles. The molecule has 4 rings (SSSR count). The van der Waals surface area contributed by atoms with Gasteiger partial charge in [-0.15, -0.1) is 0 Å². The molecule has 7 heteroatoms. The van der Waals surface area contributed by atoms with Crippen LogP contribution in [0.2, 0.25) is 0 Å². The van der Waals surface area contributed by atoms with Gasteiger partial charge in [-0.1, -0.05) is 43.4 Å². The van der Waals surface area contributed by atoms with Gasteiger partial charge in [0.1, 0.15) is 17.6 Å². The van der Waals surface area contributed by atoms with Crippen LogP contribution >= 0.6 is 0 Å². The Kier molecular flexibility index (Phi) is 8.56. The van der Waals surface area contributed by atoms with E-state index >= 15 is 0 Å². The molecule has 0 saturated carbocycles. The average molecular weight is 501 g/mol. The third-order valence-electron chi connectivity index (χ3n) is 6.24. The van der Waals surface area contributed by atoms with Crippen LogP contribution in [-0.4, -0.2) is 33.0 Å². The SMILES string of the molecule is CCCC(=O)c1cccn1C(Cc1ccc(OCCc2nc(C3=CC=CCC=C3)oc2C)cc1)C(=O)O. The van der Waals surface area contributed by atoms with Crippen LogP contribution in [0.25, 0.3) is 5.57 Å². The Hall–Kier alpha value is -4.13. The second-order valence-electron chi connectivity index (χ2n) is 8.98. The minimum atomic E-state index is -0.976. The van der Waals surface area contributed by atoms with Gasteiger partial charge in [0.05, 0.1) is 18.0 Å². The molecular formula is C30H32N2O5. The number of nitrogens with zero attached hydrogens (tertiary/aromatic N) is 2. The molecule has 192 valence electrons. The largest absolute Gasteiger partial charge is 0.493 e. The zero-order chi connectivity index (χ0) is 26.2. The molecule has 37 heavy (non-hydrogen) atoms. The first kappa shape index (κ1) is 25.9. The number of carboxylic acids is 1. The van der Waals surface area contributed by atoms with Crippen LogP contribution in [0.15, 0.2) is 77.4 Å².